The average molecular weight is 513 g/mol. The van der Waals surface area contributed by atoms with Gasteiger partial charge in [0.05, 0.1) is 6.42 Å². The summed E-state index contributed by atoms with van der Waals surface area (Å²) in [7, 11) is 0. The number of aliphatic carboxylic acids is 1. The first-order valence-corrected chi connectivity index (χ1v) is 12.0. The van der Waals surface area contributed by atoms with E-state index in [0.717, 1.165) is 27.8 Å². The second-order valence-electron chi connectivity index (χ2n) is 10.0. The fourth-order valence-corrected chi connectivity index (χ4v) is 3.83. The Morgan fingerprint density at radius 2 is 1.51 bits per heavy atom. The number of carboxylic acids is 1. The minimum atomic E-state index is -1.46. The summed E-state index contributed by atoms with van der Waals surface area (Å²) in [5.74, 6) is -2.82. The molecule has 0 aromatic heterocycles. The van der Waals surface area contributed by atoms with E-state index in [4.69, 9.17) is 9.47 Å². The zero-order valence-electron chi connectivity index (χ0n) is 22.2. The molecule has 200 valence electrons. The van der Waals surface area contributed by atoms with Crippen LogP contribution < -0.4 is 10.6 Å². The van der Waals surface area contributed by atoms with E-state index >= 15 is 0 Å². The molecule has 0 spiro atoms. The standard InChI is InChI=1S/C28H36N2O7/c1-17-12-18(2)21(19(3)13-17)16-36-26(34)23(14-20-10-8-7-9-11-20)29-25(33)22(15-24(31)32)30-27(35)37-28(4,5)6/h7-13,22-23H,14-16H2,1-6H3,(H,29,33)(H,30,35)(H,31,32)/t22-,23-/m0/s1. The van der Waals surface area contributed by atoms with Crippen LogP contribution in [0, 0.1) is 20.8 Å². The van der Waals surface area contributed by atoms with Crippen LogP contribution in [0.25, 0.3) is 0 Å². The van der Waals surface area contributed by atoms with Crippen LogP contribution in [-0.4, -0.2) is 46.7 Å². The molecule has 2 rings (SSSR count). The van der Waals surface area contributed by atoms with Crippen molar-refractivity contribution in [2.75, 3.05) is 0 Å². The fourth-order valence-electron chi connectivity index (χ4n) is 3.83. The van der Waals surface area contributed by atoms with Crippen molar-refractivity contribution < 1.29 is 33.8 Å². The molecule has 3 N–H and O–H groups in total. The minimum absolute atomic E-state index is 0.0205. The number of nitrogens with one attached hydrogen (secondary N) is 2. The summed E-state index contributed by atoms with van der Waals surface area (Å²) in [6.45, 7) is 10.8. The zero-order valence-corrected chi connectivity index (χ0v) is 22.2. The van der Waals surface area contributed by atoms with E-state index in [9.17, 15) is 24.3 Å². The van der Waals surface area contributed by atoms with Crippen LogP contribution in [-0.2, 0) is 36.9 Å². The van der Waals surface area contributed by atoms with Gasteiger partial charge in [-0.25, -0.2) is 9.59 Å². The Labute approximate surface area is 217 Å². The Bertz CT molecular complexity index is 1100. The second kappa shape index (κ2) is 12.9. The molecular weight excluding hydrogens is 476 g/mol. The molecule has 2 aromatic carbocycles. The van der Waals surface area contributed by atoms with E-state index in [2.05, 4.69) is 10.6 Å². The molecule has 2 amide bonds. The van der Waals surface area contributed by atoms with Gasteiger partial charge in [-0.3, -0.25) is 9.59 Å². The summed E-state index contributed by atoms with van der Waals surface area (Å²) >= 11 is 0. The topological polar surface area (TPSA) is 131 Å². The maximum atomic E-state index is 13.1. The molecule has 0 saturated carbocycles. The van der Waals surface area contributed by atoms with Gasteiger partial charge in [-0.2, -0.15) is 0 Å². The quantitative estimate of drug-likeness (QED) is 0.413. The van der Waals surface area contributed by atoms with E-state index in [1.165, 1.54) is 0 Å². The molecule has 9 heteroatoms. The van der Waals surface area contributed by atoms with Gasteiger partial charge in [0, 0.05) is 6.42 Å². The molecule has 37 heavy (non-hydrogen) atoms. The molecule has 0 aliphatic heterocycles. The molecule has 0 bridgehead atoms. The molecule has 0 unspecified atom stereocenters. The van der Waals surface area contributed by atoms with Crippen LogP contribution in [0.1, 0.15) is 55.0 Å². The number of carbonyl (C=O) groups is 4. The van der Waals surface area contributed by atoms with Crippen molar-refractivity contribution in [1.82, 2.24) is 10.6 Å². The van der Waals surface area contributed by atoms with Crippen molar-refractivity contribution in [3.63, 3.8) is 0 Å². The predicted molar refractivity (Wildman–Crippen MR) is 138 cm³/mol. The van der Waals surface area contributed by atoms with E-state index in [-0.39, 0.29) is 13.0 Å². The summed E-state index contributed by atoms with van der Waals surface area (Å²) in [6.07, 6.45) is -1.52. The molecule has 0 fully saturated rings. The van der Waals surface area contributed by atoms with Crippen molar-refractivity contribution in [2.45, 2.75) is 78.7 Å². The molecule has 0 aliphatic carbocycles. The summed E-state index contributed by atoms with van der Waals surface area (Å²) in [5.41, 5.74) is 3.86. The third-order valence-corrected chi connectivity index (χ3v) is 5.47. The lowest BCUT2D eigenvalue weighted by molar-refractivity contribution is -0.149. The SMILES string of the molecule is Cc1cc(C)c(COC(=O)[C@H](Cc2ccccc2)NC(=O)[C@H](CC(=O)O)NC(=O)OC(C)(C)C)c(C)c1. The third-order valence-electron chi connectivity index (χ3n) is 5.47. The lowest BCUT2D eigenvalue weighted by Gasteiger charge is -2.24. The highest BCUT2D eigenvalue weighted by Gasteiger charge is 2.31. The lowest BCUT2D eigenvalue weighted by Crippen LogP contribution is -2.53. The normalized spacial score (nSPS) is 12.7. The van der Waals surface area contributed by atoms with Gasteiger partial charge in [0.15, 0.2) is 0 Å². The van der Waals surface area contributed by atoms with Crippen LogP contribution >= 0.6 is 0 Å². The highest BCUT2D eigenvalue weighted by atomic mass is 16.6. The van der Waals surface area contributed by atoms with Crippen LogP contribution in [0.15, 0.2) is 42.5 Å². The number of carboxylic acid groups (broad SMARTS) is 1. The molecular formula is C28H36N2O7. The number of hydrogen-bond acceptors (Lipinski definition) is 6. The van der Waals surface area contributed by atoms with Crippen molar-refractivity contribution in [1.29, 1.82) is 0 Å². The first kappa shape index (κ1) is 29.4. The average Bonchev–Trinajstić information content (AvgIpc) is 2.76. The number of amides is 2. The number of carbonyl (C=O) groups excluding carboxylic acids is 3. The van der Waals surface area contributed by atoms with Crippen LogP contribution in [0.3, 0.4) is 0 Å². The number of ether oxygens (including phenoxy) is 2. The summed E-state index contributed by atoms with van der Waals surface area (Å²) in [4.78, 5) is 49.8. The lowest BCUT2D eigenvalue weighted by atomic mass is 10.0. The van der Waals surface area contributed by atoms with Crippen LogP contribution in [0.4, 0.5) is 4.79 Å². The Balaban J connectivity index is 2.22. The van der Waals surface area contributed by atoms with E-state index in [1.807, 2.05) is 39.0 Å². The zero-order chi connectivity index (χ0) is 27.8. The molecule has 2 aromatic rings. The summed E-state index contributed by atoms with van der Waals surface area (Å²) in [6, 6.07) is 10.5. The smallest absolute Gasteiger partial charge is 0.408 e. The summed E-state index contributed by atoms with van der Waals surface area (Å²) in [5, 5.41) is 14.1. The first-order chi connectivity index (χ1) is 17.2. The number of aryl methyl sites for hydroxylation is 3. The van der Waals surface area contributed by atoms with Gasteiger partial charge >= 0.3 is 18.0 Å². The van der Waals surface area contributed by atoms with E-state index in [0.29, 0.717) is 0 Å². The van der Waals surface area contributed by atoms with E-state index in [1.54, 1.807) is 45.0 Å². The molecule has 2 atom stereocenters. The van der Waals surface area contributed by atoms with Crippen molar-refractivity contribution in [2.24, 2.45) is 0 Å². The van der Waals surface area contributed by atoms with Crippen molar-refractivity contribution in [3.8, 4) is 0 Å². The maximum Gasteiger partial charge on any atom is 0.408 e. The Kier molecular flexibility index (Phi) is 10.2. The first-order valence-electron chi connectivity index (χ1n) is 12.0. The molecule has 0 radical (unpaired) electrons. The largest absolute Gasteiger partial charge is 0.481 e. The fraction of sp³-hybridized carbons (Fsp3) is 0.429. The van der Waals surface area contributed by atoms with Gasteiger partial charge < -0.3 is 25.2 Å². The number of rotatable bonds is 10. The molecule has 9 nitrogen and oxygen atoms in total. The van der Waals surface area contributed by atoms with Gasteiger partial charge in [-0.05, 0) is 63.8 Å². The van der Waals surface area contributed by atoms with Gasteiger partial charge in [0.25, 0.3) is 0 Å². The van der Waals surface area contributed by atoms with Crippen molar-refractivity contribution in [3.05, 3.63) is 70.3 Å². The van der Waals surface area contributed by atoms with Crippen molar-refractivity contribution >= 4 is 23.9 Å². The van der Waals surface area contributed by atoms with E-state index < -0.39 is 48.0 Å². The minimum Gasteiger partial charge on any atom is -0.481 e. The number of esters is 1. The number of alkyl carbamates (subject to hydrolysis) is 1. The van der Waals surface area contributed by atoms with Crippen LogP contribution in [0.2, 0.25) is 0 Å². The monoisotopic (exact) mass is 512 g/mol. The third kappa shape index (κ3) is 9.95. The number of hydrogen-bond donors (Lipinski definition) is 3. The van der Waals surface area contributed by atoms with Gasteiger partial charge in [-0.15, -0.1) is 0 Å². The Hall–Kier alpha value is -3.88. The summed E-state index contributed by atoms with van der Waals surface area (Å²) < 4.78 is 10.7. The van der Waals surface area contributed by atoms with Gasteiger partial charge in [-0.1, -0.05) is 48.0 Å². The van der Waals surface area contributed by atoms with Gasteiger partial charge in [0.2, 0.25) is 5.91 Å². The van der Waals surface area contributed by atoms with Crippen LogP contribution in [0.5, 0.6) is 0 Å². The predicted octanol–water partition coefficient (Wildman–Crippen LogP) is 3.75. The molecule has 0 heterocycles. The van der Waals surface area contributed by atoms with Gasteiger partial charge in [0.1, 0.15) is 24.3 Å². The number of benzene rings is 2. The molecule has 0 aliphatic rings. The highest BCUT2D eigenvalue weighted by molar-refractivity contribution is 5.92. The second-order valence-corrected chi connectivity index (χ2v) is 10.0. The Morgan fingerprint density at radius 3 is 2.05 bits per heavy atom. The highest BCUT2D eigenvalue weighted by Crippen LogP contribution is 2.18. The molecule has 0 saturated heterocycles. The Morgan fingerprint density at radius 1 is 0.919 bits per heavy atom. The maximum absolute atomic E-state index is 13.1.